The van der Waals surface area contributed by atoms with Gasteiger partial charge in [0, 0.05) is 12.6 Å². The van der Waals surface area contributed by atoms with Crippen molar-refractivity contribution in [1.29, 1.82) is 0 Å². The molecule has 2 aromatic rings. The fraction of sp³-hybridized carbons (Fsp3) is 0.400. The number of hydrogen-bond acceptors (Lipinski definition) is 4. The molecule has 0 bridgehead atoms. The second-order valence-corrected chi connectivity index (χ2v) is 6.16. The molecule has 2 aromatic carbocycles. The van der Waals surface area contributed by atoms with Crippen molar-refractivity contribution >= 4 is 0 Å². The van der Waals surface area contributed by atoms with E-state index in [9.17, 15) is 0 Å². The Morgan fingerprint density at radius 1 is 0.917 bits per heavy atom. The number of ether oxygens (including phenoxy) is 3. The maximum atomic E-state index is 5.39. The largest absolute Gasteiger partial charge is 0.497 e. The van der Waals surface area contributed by atoms with E-state index in [1.807, 2.05) is 24.3 Å². The van der Waals surface area contributed by atoms with E-state index in [-0.39, 0.29) is 0 Å². The predicted molar refractivity (Wildman–Crippen MR) is 94.8 cm³/mol. The molecule has 0 saturated heterocycles. The molecule has 1 aliphatic carbocycles. The molecule has 0 heterocycles. The number of rotatable bonds is 8. The van der Waals surface area contributed by atoms with Crippen molar-refractivity contribution in [3.63, 3.8) is 0 Å². The molecule has 128 valence electrons. The van der Waals surface area contributed by atoms with Gasteiger partial charge in [0.05, 0.1) is 21.3 Å². The SMILES string of the molecule is COc1ccc(C(NCc2ccc(OC)c(OC)c2)C2CC2)cc1. The van der Waals surface area contributed by atoms with Crippen molar-refractivity contribution in [1.82, 2.24) is 5.32 Å². The van der Waals surface area contributed by atoms with Crippen LogP contribution in [0.25, 0.3) is 0 Å². The minimum absolute atomic E-state index is 0.379. The van der Waals surface area contributed by atoms with E-state index in [0.717, 1.165) is 29.7 Å². The van der Waals surface area contributed by atoms with Gasteiger partial charge in [-0.3, -0.25) is 0 Å². The Balaban J connectivity index is 1.70. The van der Waals surface area contributed by atoms with E-state index in [0.29, 0.717) is 6.04 Å². The third-order valence-corrected chi connectivity index (χ3v) is 4.54. The van der Waals surface area contributed by atoms with Crippen LogP contribution in [-0.2, 0) is 6.54 Å². The summed E-state index contributed by atoms with van der Waals surface area (Å²) in [4.78, 5) is 0. The van der Waals surface area contributed by atoms with Crippen molar-refractivity contribution in [3.8, 4) is 17.2 Å². The zero-order valence-corrected chi connectivity index (χ0v) is 14.5. The van der Waals surface area contributed by atoms with Gasteiger partial charge in [0.2, 0.25) is 0 Å². The smallest absolute Gasteiger partial charge is 0.161 e. The lowest BCUT2D eigenvalue weighted by molar-refractivity contribution is 0.354. The average molecular weight is 327 g/mol. The lowest BCUT2D eigenvalue weighted by Crippen LogP contribution is -2.22. The van der Waals surface area contributed by atoms with Gasteiger partial charge < -0.3 is 19.5 Å². The monoisotopic (exact) mass is 327 g/mol. The highest BCUT2D eigenvalue weighted by Crippen LogP contribution is 2.41. The van der Waals surface area contributed by atoms with Crippen LogP contribution >= 0.6 is 0 Å². The third kappa shape index (κ3) is 3.82. The molecule has 1 atom stereocenters. The Kier molecular flexibility index (Phi) is 5.26. The topological polar surface area (TPSA) is 39.7 Å². The van der Waals surface area contributed by atoms with Crippen LogP contribution in [-0.4, -0.2) is 21.3 Å². The first-order valence-electron chi connectivity index (χ1n) is 8.33. The molecule has 0 spiro atoms. The quantitative estimate of drug-likeness (QED) is 0.797. The lowest BCUT2D eigenvalue weighted by atomic mass is 10.0. The van der Waals surface area contributed by atoms with Crippen molar-refractivity contribution < 1.29 is 14.2 Å². The van der Waals surface area contributed by atoms with Crippen molar-refractivity contribution in [2.75, 3.05) is 21.3 Å². The van der Waals surface area contributed by atoms with Crippen LogP contribution < -0.4 is 19.5 Å². The molecule has 1 N–H and O–H groups in total. The fourth-order valence-corrected chi connectivity index (χ4v) is 3.02. The molecule has 1 unspecified atom stereocenters. The van der Waals surface area contributed by atoms with E-state index in [1.165, 1.54) is 24.0 Å². The van der Waals surface area contributed by atoms with Gasteiger partial charge in [-0.25, -0.2) is 0 Å². The molecule has 0 amide bonds. The minimum atomic E-state index is 0.379. The average Bonchev–Trinajstić information content (AvgIpc) is 3.47. The molecule has 3 rings (SSSR count). The van der Waals surface area contributed by atoms with Crippen LogP contribution in [0.5, 0.6) is 17.2 Å². The predicted octanol–water partition coefficient (Wildman–Crippen LogP) is 3.95. The first-order valence-corrected chi connectivity index (χ1v) is 8.33. The molecule has 4 nitrogen and oxygen atoms in total. The summed E-state index contributed by atoms with van der Waals surface area (Å²) in [7, 11) is 5.02. The summed E-state index contributed by atoms with van der Waals surface area (Å²) in [6.07, 6.45) is 2.57. The first-order chi connectivity index (χ1) is 11.7. The summed E-state index contributed by atoms with van der Waals surface area (Å²) in [5.74, 6) is 3.14. The van der Waals surface area contributed by atoms with Gasteiger partial charge in [-0.05, 0) is 54.2 Å². The maximum Gasteiger partial charge on any atom is 0.161 e. The number of benzene rings is 2. The van der Waals surface area contributed by atoms with Gasteiger partial charge in [0.25, 0.3) is 0 Å². The zero-order chi connectivity index (χ0) is 16.9. The molecule has 1 aliphatic rings. The first kappa shape index (κ1) is 16.7. The van der Waals surface area contributed by atoms with Crippen LogP contribution in [0.3, 0.4) is 0 Å². The Hall–Kier alpha value is -2.20. The summed E-state index contributed by atoms with van der Waals surface area (Å²) in [6.45, 7) is 0.799. The van der Waals surface area contributed by atoms with Crippen molar-refractivity contribution in [2.24, 2.45) is 5.92 Å². The highest BCUT2D eigenvalue weighted by molar-refractivity contribution is 5.43. The Bertz CT molecular complexity index is 665. The summed E-state index contributed by atoms with van der Waals surface area (Å²) in [6, 6.07) is 14.8. The van der Waals surface area contributed by atoms with E-state index in [1.54, 1.807) is 21.3 Å². The van der Waals surface area contributed by atoms with Gasteiger partial charge in [0.1, 0.15) is 5.75 Å². The van der Waals surface area contributed by atoms with E-state index in [4.69, 9.17) is 14.2 Å². The Labute approximate surface area is 143 Å². The number of methoxy groups -OCH3 is 3. The highest BCUT2D eigenvalue weighted by Gasteiger charge is 2.31. The number of hydrogen-bond donors (Lipinski definition) is 1. The highest BCUT2D eigenvalue weighted by atomic mass is 16.5. The summed E-state index contributed by atoms with van der Waals surface area (Å²) in [5, 5.41) is 3.70. The van der Waals surface area contributed by atoms with E-state index in [2.05, 4.69) is 23.5 Å². The van der Waals surface area contributed by atoms with Gasteiger partial charge in [-0.15, -0.1) is 0 Å². The molecule has 0 radical (unpaired) electrons. The molecule has 1 fully saturated rings. The molecule has 0 aliphatic heterocycles. The lowest BCUT2D eigenvalue weighted by Gasteiger charge is -2.20. The van der Waals surface area contributed by atoms with Crippen LogP contribution in [0.15, 0.2) is 42.5 Å². The van der Waals surface area contributed by atoms with Crippen LogP contribution in [0, 0.1) is 5.92 Å². The van der Waals surface area contributed by atoms with Crippen molar-refractivity contribution in [2.45, 2.75) is 25.4 Å². The second-order valence-electron chi connectivity index (χ2n) is 6.16. The Morgan fingerprint density at radius 3 is 2.21 bits per heavy atom. The minimum Gasteiger partial charge on any atom is -0.497 e. The second kappa shape index (κ2) is 7.58. The summed E-state index contributed by atoms with van der Waals surface area (Å²) in [5.41, 5.74) is 2.51. The van der Waals surface area contributed by atoms with E-state index >= 15 is 0 Å². The Morgan fingerprint density at radius 2 is 1.62 bits per heavy atom. The van der Waals surface area contributed by atoms with Crippen LogP contribution in [0.2, 0.25) is 0 Å². The zero-order valence-electron chi connectivity index (χ0n) is 14.5. The fourth-order valence-electron chi connectivity index (χ4n) is 3.02. The number of nitrogens with one attached hydrogen (secondary N) is 1. The van der Waals surface area contributed by atoms with Gasteiger partial charge in [-0.1, -0.05) is 18.2 Å². The standard InChI is InChI=1S/C20H25NO3/c1-22-17-9-7-16(8-10-17)20(15-5-6-15)21-13-14-4-11-18(23-2)19(12-14)24-3/h4,7-12,15,20-21H,5-6,13H2,1-3H3. The molecular formula is C20H25NO3. The summed E-state index contributed by atoms with van der Waals surface area (Å²) < 4.78 is 15.9. The molecule has 4 heteroatoms. The van der Waals surface area contributed by atoms with Crippen LogP contribution in [0.1, 0.15) is 30.0 Å². The van der Waals surface area contributed by atoms with E-state index < -0.39 is 0 Å². The van der Waals surface area contributed by atoms with Gasteiger partial charge in [-0.2, -0.15) is 0 Å². The molecule has 0 aromatic heterocycles. The van der Waals surface area contributed by atoms with Crippen molar-refractivity contribution in [3.05, 3.63) is 53.6 Å². The maximum absolute atomic E-state index is 5.39. The third-order valence-electron chi connectivity index (χ3n) is 4.54. The summed E-state index contributed by atoms with van der Waals surface area (Å²) >= 11 is 0. The normalized spacial score (nSPS) is 15.0. The van der Waals surface area contributed by atoms with Gasteiger partial charge >= 0.3 is 0 Å². The molecular weight excluding hydrogens is 302 g/mol. The molecule has 24 heavy (non-hydrogen) atoms. The van der Waals surface area contributed by atoms with Crippen LogP contribution in [0.4, 0.5) is 0 Å². The van der Waals surface area contributed by atoms with Gasteiger partial charge in [0.15, 0.2) is 11.5 Å². The molecule has 1 saturated carbocycles.